The maximum atomic E-state index is 12.4. The van der Waals surface area contributed by atoms with Crippen LogP contribution < -0.4 is 11.1 Å². The highest BCUT2D eigenvalue weighted by atomic mass is 16.2. The van der Waals surface area contributed by atoms with Crippen molar-refractivity contribution in [2.24, 2.45) is 5.92 Å². The van der Waals surface area contributed by atoms with E-state index >= 15 is 0 Å². The fraction of sp³-hybridized carbons (Fsp3) is 0.458. The third-order valence-corrected chi connectivity index (χ3v) is 5.15. The predicted octanol–water partition coefficient (Wildman–Crippen LogP) is 3.04. The molecule has 3 N–H and O–H groups in total. The number of benzene rings is 1. The Morgan fingerprint density at radius 1 is 1.16 bits per heavy atom. The van der Waals surface area contributed by atoms with Gasteiger partial charge in [-0.3, -0.25) is 14.5 Å². The quantitative estimate of drug-likeness (QED) is 0.735. The third-order valence-electron chi connectivity index (χ3n) is 5.15. The molecule has 2 amide bonds. The van der Waals surface area contributed by atoms with Crippen molar-refractivity contribution in [3.05, 3.63) is 54.2 Å². The number of carbonyl (C=O) groups is 2. The molecule has 7 nitrogen and oxygen atoms in total. The highest BCUT2D eigenvalue weighted by Crippen LogP contribution is 2.16. The van der Waals surface area contributed by atoms with Crippen LogP contribution >= 0.6 is 0 Å². The molecule has 1 unspecified atom stereocenters. The second kappa shape index (κ2) is 12.1. The van der Waals surface area contributed by atoms with Crippen LogP contribution in [-0.2, 0) is 16.0 Å². The largest absolute Gasteiger partial charge is 0.383 e. The van der Waals surface area contributed by atoms with E-state index in [-0.39, 0.29) is 6.04 Å². The summed E-state index contributed by atoms with van der Waals surface area (Å²) in [5.41, 5.74) is 7.11. The van der Waals surface area contributed by atoms with Crippen molar-refractivity contribution in [1.82, 2.24) is 14.8 Å². The molecule has 168 valence electrons. The van der Waals surface area contributed by atoms with Gasteiger partial charge < -0.3 is 16.0 Å². The summed E-state index contributed by atoms with van der Waals surface area (Å²) in [7, 11) is 0. The van der Waals surface area contributed by atoms with E-state index in [0.29, 0.717) is 36.9 Å². The van der Waals surface area contributed by atoms with Gasteiger partial charge in [-0.15, -0.1) is 0 Å². The number of rotatable bonds is 4. The molecule has 7 heteroatoms. The molecule has 1 aromatic heterocycles. The van der Waals surface area contributed by atoms with Crippen molar-refractivity contribution < 1.29 is 9.59 Å². The van der Waals surface area contributed by atoms with Gasteiger partial charge in [0.1, 0.15) is 5.82 Å². The number of nitrogens with one attached hydrogen (secondary N) is 1. The van der Waals surface area contributed by atoms with Crippen LogP contribution in [0.15, 0.2) is 48.7 Å². The topological polar surface area (TPSA) is 91.6 Å². The lowest BCUT2D eigenvalue weighted by atomic mass is 10.1. The molecule has 0 radical (unpaired) electrons. The van der Waals surface area contributed by atoms with Crippen molar-refractivity contribution >= 4 is 23.3 Å². The number of nitrogen functional groups attached to an aromatic ring is 1. The Balaban J connectivity index is 0.000000488. The molecular weight excluding hydrogens is 390 g/mol. The Bertz CT molecular complexity index is 814. The van der Waals surface area contributed by atoms with Gasteiger partial charge in [-0.05, 0) is 30.9 Å². The average Bonchev–Trinajstić information content (AvgIpc) is 2.77. The van der Waals surface area contributed by atoms with Gasteiger partial charge in [0.2, 0.25) is 0 Å². The number of aryl methyl sites for hydroxylation is 1. The standard InChI is InChI=1S/C18H29N5O2.C6H6/c1-5-14-8-15(9-20-16(14)19)21-17(24)18(25)23-7-6-22(10-12(2)3)13(4)11-23;1-2-4-6-5-3-1/h8-9,12-13H,5-7,10-11H2,1-4H3,(H2,19,20)(H,21,24);1-6H. The minimum absolute atomic E-state index is 0.248. The monoisotopic (exact) mass is 425 g/mol. The van der Waals surface area contributed by atoms with Crippen LogP contribution in [0, 0.1) is 5.92 Å². The van der Waals surface area contributed by atoms with Crippen molar-refractivity contribution in [3.8, 4) is 0 Å². The van der Waals surface area contributed by atoms with Crippen molar-refractivity contribution in [2.45, 2.75) is 40.2 Å². The fourth-order valence-electron chi connectivity index (χ4n) is 3.51. The molecule has 1 atom stereocenters. The van der Waals surface area contributed by atoms with Crippen molar-refractivity contribution in [1.29, 1.82) is 0 Å². The number of piperazine rings is 1. The number of pyridine rings is 1. The first-order valence-electron chi connectivity index (χ1n) is 10.9. The second-order valence-electron chi connectivity index (χ2n) is 8.22. The molecule has 1 aliphatic rings. The van der Waals surface area contributed by atoms with E-state index in [1.54, 1.807) is 11.0 Å². The molecule has 3 rings (SSSR count). The van der Waals surface area contributed by atoms with Gasteiger partial charge in [0.05, 0.1) is 11.9 Å². The molecule has 2 aromatic rings. The number of nitrogens with zero attached hydrogens (tertiary/aromatic N) is 3. The zero-order valence-electron chi connectivity index (χ0n) is 19.0. The van der Waals surface area contributed by atoms with E-state index in [0.717, 1.165) is 18.7 Å². The molecule has 0 aliphatic carbocycles. The van der Waals surface area contributed by atoms with Crippen LogP contribution in [0.5, 0.6) is 0 Å². The summed E-state index contributed by atoms with van der Waals surface area (Å²) in [6, 6.07) is 14.0. The summed E-state index contributed by atoms with van der Waals surface area (Å²) in [5.74, 6) is -0.0928. The van der Waals surface area contributed by atoms with Crippen LogP contribution in [0.2, 0.25) is 0 Å². The predicted molar refractivity (Wildman–Crippen MR) is 126 cm³/mol. The van der Waals surface area contributed by atoms with Gasteiger partial charge in [0.15, 0.2) is 0 Å². The summed E-state index contributed by atoms with van der Waals surface area (Å²) >= 11 is 0. The Morgan fingerprint density at radius 2 is 1.77 bits per heavy atom. The van der Waals surface area contributed by atoms with Gasteiger partial charge in [0.25, 0.3) is 0 Å². The summed E-state index contributed by atoms with van der Waals surface area (Å²) in [5, 5.41) is 2.64. The van der Waals surface area contributed by atoms with E-state index in [1.807, 2.05) is 43.3 Å². The van der Waals surface area contributed by atoms with Gasteiger partial charge in [-0.1, -0.05) is 57.2 Å². The molecule has 0 saturated carbocycles. The zero-order chi connectivity index (χ0) is 22.8. The van der Waals surface area contributed by atoms with E-state index in [1.165, 1.54) is 6.20 Å². The van der Waals surface area contributed by atoms with Crippen LogP contribution in [0.4, 0.5) is 11.5 Å². The number of carbonyl (C=O) groups excluding carboxylic acids is 2. The SMILES string of the molecule is CCc1cc(NC(=O)C(=O)N2CCN(CC(C)C)C(C)C2)cnc1N.c1ccccc1. The molecule has 0 bridgehead atoms. The number of hydrogen-bond acceptors (Lipinski definition) is 5. The number of nitrogens with two attached hydrogens (primary N) is 1. The maximum absolute atomic E-state index is 12.4. The molecule has 1 aliphatic heterocycles. The van der Waals surface area contributed by atoms with Crippen LogP contribution in [0.3, 0.4) is 0 Å². The Morgan fingerprint density at radius 3 is 2.29 bits per heavy atom. The van der Waals surface area contributed by atoms with E-state index in [4.69, 9.17) is 5.73 Å². The number of amides is 2. The van der Waals surface area contributed by atoms with E-state index in [9.17, 15) is 9.59 Å². The summed E-state index contributed by atoms with van der Waals surface area (Å²) in [6.07, 6.45) is 2.19. The molecule has 1 aromatic carbocycles. The van der Waals surface area contributed by atoms with Crippen LogP contribution in [0.1, 0.15) is 33.3 Å². The highest BCUT2D eigenvalue weighted by Gasteiger charge is 2.30. The molecular formula is C24H35N5O2. The zero-order valence-corrected chi connectivity index (χ0v) is 19.0. The summed E-state index contributed by atoms with van der Waals surface area (Å²) in [6.45, 7) is 11.4. The fourth-order valence-corrected chi connectivity index (χ4v) is 3.51. The number of aromatic nitrogens is 1. The highest BCUT2D eigenvalue weighted by molar-refractivity contribution is 6.39. The van der Waals surface area contributed by atoms with Crippen molar-refractivity contribution in [3.63, 3.8) is 0 Å². The lowest BCUT2D eigenvalue weighted by Crippen LogP contribution is -2.56. The third kappa shape index (κ3) is 7.68. The minimum atomic E-state index is -0.627. The molecule has 0 spiro atoms. The van der Waals surface area contributed by atoms with E-state index in [2.05, 4.69) is 36.0 Å². The minimum Gasteiger partial charge on any atom is -0.383 e. The van der Waals surface area contributed by atoms with Crippen LogP contribution in [-0.4, -0.2) is 58.8 Å². The maximum Gasteiger partial charge on any atom is 0.313 e. The molecule has 2 heterocycles. The molecule has 1 fully saturated rings. The van der Waals surface area contributed by atoms with Crippen LogP contribution in [0.25, 0.3) is 0 Å². The first-order chi connectivity index (χ1) is 14.8. The van der Waals surface area contributed by atoms with E-state index < -0.39 is 11.8 Å². The van der Waals surface area contributed by atoms with Gasteiger partial charge >= 0.3 is 11.8 Å². The van der Waals surface area contributed by atoms with Crippen molar-refractivity contribution in [2.75, 3.05) is 37.2 Å². The first-order valence-corrected chi connectivity index (χ1v) is 10.9. The first kappa shape index (κ1) is 24.3. The lowest BCUT2D eigenvalue weighted by Gasteiger charge is -2.40. The lowest BCUT2D eigenvalue weighted by molar-refractivity contribution is -0.145. The Hall–Kier alpha value is -2.93. The summed E-state index contributed by atoms with van der Waals surface area (Å²) < 4.78 is 0. The van der Waals surface area contributed by atoms with Gasteiger partial charge in [-0.25, -0.2) is 4.98 Å². The average molecular weight is 426 g/mol. The normalized spacial score (nSPS) is 16.4. The molecule has 1 saturated heterocycles. The summed E-state index contributed by atoms with van der Waals surface area (Å²) in [4.78, 5) is 32.8. The van der Waals surface area contributed by atoms with Gasteiger partial charge in [0, 0.05) is 32.2 Å². The smallest absolute Gasteiger partial charge is 0.313 e. The number of anilines is 2. The molecule has 31 heavy (non-hydrogen) atoms. The van der Waals surface area contributed by atoms with Gasteiger partial charge in [-0.2, -0.15) is 0 Å². The number of hydrogen-bond donors (Lipinski definition) is 2. The second-order valence-corrected chi connectivity index (χ2v) is 8.22. The Kier molecular flexibility index (Phi) is 9.46. The Labute approximate surface area is 185 Å².